The molecule has 1 atom stereocenters. The minimum Gasteiger partial charge on any atom is -0.280 e. The first-order valence-electron chi connectivity index (χ1n) is 6.46. The highest BCUT2D eigenvalue weighted by Crippen LogP contribution is 2.37. The van der Waals surface area contributed by atoms with Crippen LogP contribution in [0.5, 0.6) is 0 Å². The van der Waals surface area contributed by atoms with Gasteiger partial charge in [-0.25, -0.2) is 0 Å². The van der Waals surface area contributed by atoms with Crippen molar-refractivity contribution in [3.8, 4) is 0 Å². The third-order valence-electron chi connectivity index (χ3n) is 3.72. The first kappa shape index (κ1) is 12.6. The van der Waals surface area contributed by atoms with Crippen LogP contribution in [0, 0.1) is 20.8 Å². The summed E-state index contributed by atoms with van der Waals surface area (Å²) < 4.78 is 1.11. The zero-order valence-electron chi connectivity index (χ0n) is 11.4. The molecule has 1 heterocycles. The lowest BCUT2D eigenvalue weighted by Gasteiger charge is -2.17. The summed E-state index contributed by atoms with van der Waals surface area (Å²) in [6.45, 7) is 6.51. The van der Waals surface area contributed by atoms with Crippen molar-refractivity contribution in [3.05, 3.63) is 68.2 Å². The van der Waals surface area contributed by atoms with Crippen molar-refractivity contribution >= 4 is 22.1 Å². The van der Waals surface area contributed by atoms with E-state index in [4.69, 9.17) is 4.99 Å². The van der Waals surface area contributed by atoms with Crippen LogP contribution in [0.15, 0.2) is 39.8 Å². The van der Waals surface area contributed by atoms with Gasteiger partial charge in [-0.3, -0.25) is 4.99 Å². The Morgan fingerprint density at radius 1 is 1.00 bits per heavy atom. The summed E-state index contributed by atoms with van der Waals surface area (Å²) in [4.78, 5) is 4.72. The van der Waals surface area contributed by atoms with Crippen LogP contribution in [-0.2, 0) is 0 Å². The number of benzene rings is 2. The molecule has 1 aliphatic rings. The van der Waals surface area contributed by atoms with Crippen LogP contribution < -0.4 is 0 Å². The van der Waals surface area contributed by atoms with E-state index in [1.54, 1.807) is 0 Å². The third-order valence-corrected chi connectivity index (χ3v) is 4.21. The maximum atomic E-state index is 4.72. The maximum Gasteiger partial charge on any atom is 0.101 e. The highest BCUT2D eigenvalue weighted by Gasteiger charge is 2.23. The molecule has 3 rings (SSSR count). The van der Waals surface area contributed by atoms with Crippen LogP contribution >= 0.6 is 15.9 Å². The van der Waals surface area contributed by atoms with E-state index >= 15 is 0 Å². The standard InChI is InChI=1S/C17H16BrN/c1-10-6-11(2)16(12(3)7-10)17-15-5-4-14(18)8-13(15)9-19-17/h4-9,17H,1-3H3. The van der Waals surface area contributed by atoms with Gasteiger partial charge in [-0.2, -0.15) is 0 Å². The van der Waals surface area contributed by atoms with E-state index in [1.807, 2.05) is 6.21 Å². The van der Waals surface area contributed by atoms with E-state index in [0.29, 0.717) is 0 Å². The number of hydrogen-bond donors (Lipinski definition) is 0. The van der Waals surface area contributed by atoms with Gasteiger partial charge in [0.05, 0.1) is 0 Å². The predicted molar refractivity (Wildman–Crippen MR) is 84.2 cm³/mol. The zero-order chi connectivity index (χ0) is 13.6. The Bertz CT molecular complexity index is 663. The average molecular weight is 314 g/mol. The molecule has 0 N–H and O–H groups in total. The Hall–Kier alpha value is -1.41. The average Bonchev–Trinajstić information content (AvgIpc) is 2.71. The van der Waals surface area contributed by atoms with E-state index in [-0.39, 0.29) is 6.04 Å². The summed E-state index contributed by atoms with van der Waals surface area (Å²) in [5, 5.41) is 0. The molecule has 0 amide bonds. The van der Waals surface area contributed by atoms with Crippen LogP contribution in [0.3, 0.4) is 0 Å². The monoisotopic (exact) mass is 313 g/mol. The Labute approximate surface area is 122 Å². The van der Waals surface area contributed by atoms with E-state index in [0.717, 1.165) is 4.47 Å². The molecule has 2 heteroatoms. The fourth-order valence-corrected chi connectivity index (χ4v) is 3.37. The molecule has 0 saturated heterocycles. The Morgan fingerprint density at radius 3 is 2.37 bits per heavy atom. The van der Waals surface area contributed by atoms with Crippen molar-refractivity contribution in [2.75, 3.05) is 0 Å². The molecule has 0 saturated carbocycles. The van der Waals surface area contributed by atoms with Gasteiger partial charge in [0.1, 0.15) is 6.04 Å². The molecule has 19 heavy (non-hydrogen) atoms. The van der Waals surface area contributed by atoms with Gasteiger partial charge in [-0.05, 0) is 60.7 Å². The molecule has 1 nitrogen and oxygen atoms in total. The number of rotatable bonds is 1. The molecule has 0 spiro atoms. The third kappa shape index (κ3) is 2.14. The van der Waals surface area contributed by atoms with E-state index in [2.05, 4.69) is 67.0 Å². The number of aryl methyl sites for hydroxylation is 3. The lowest BCUT2D eigenvalue weighted by molar-refractivity contribution is 0.875. The normalized spacial score (nSPS) is 16.7. The van der Waals surface area contributed by atoms with E-state index < -0.39 is 0 Å². The number of halogens is 1. The number of hydrogen-bond acceptors (Lipinski definition) is 1. The summed E-state index contributed by atoms with van der Waals surface area (Å²) in [5.74, 6) is 0. The molecule has 0 aromatic heterocycles. The van der Waals surface area contributed by atoms with E-state index in [9.17, 15) is 0 Å². The van der Waals surface area contributed by atoms with E-state index in [1.165, 1.54) is 33.4 Å². The topological polar surface area (TPSA) is 12.4 Å². The fourth-order valence-electron chi connectivity index (χ4n) is 2.99. The number of aliphatic imine (C=N–C) groups is 1. The second-order valence-electron chi connectivity index (χ2n) is 5.27. The van der Waals surface area contributed by atoms with Gasteiger partial charge in [-0.1, -0.05) is 39.7 Å². The summed E-state index contributed by atoms with van der Waals surface area (Å²) in [6, 6.07) is 11.1. The molecule has 0 fully saturated rings. The second-order valence-corrected chi connectivity index (χ2v) is 6.18. The summed E-state index contributed by atoms with van der Waals surface area (Å²) >= 11 is 3.52. The number of fused-ring (bicyclic) bond motifs is 1. The maximum absolute atomic E-state index is 4.72. The highest BCUT2D eigenvalue weighted by molar-refractivity contribution is 9.10. The van der Waals surface area contributed by atoms with Crippen LogP contribution in [0.4, 0.5) is 0 Å². The van der Waals surface area contributed by atoms with Gasteiger partial charge in [0.2, 0.25) is 0 Å². The quantitative estimate of drug-likeness (QED) is 0.710. The van der Waals surface area contributed by atoms with Crippen molar-refractivity contribution in [2.24, 2.45) is 4.99 Å². The Kier molecular flexibility index (Phi) is 3.06. The minimum absolute atomic E-state index is 0.156. The van der Waals surface area contributed by atoms with Crippen molar-refractivity contribution in [3.63, 3.8) is 0 Å². The predicted octanol–water partition coefficient (Wildman–Crippen LogP) is 4.90. The van der Waals surface area contributed by atoms with Crippen molar-refractivity contribution in [2.45, 2.75) is 26.8 Å². The molecular weight excluding hydrogens is 298 g/mol. The molecular formula is C17H16BrN. The van der Waals surface area contributed by atoms with Gasteiger partial charge in [0.15, 0.2) is 0 Å². The summed E-state index contributed by atoms with van der Waals surface area (Å²) in [7, 11) is 0. The van der Waals surface area contributed by atoms with Crippen LogP contribution in [-0.4, -0.2) is 6.21 Å². The summed E-state index contributed by atoms with van der Waals surface area (Å²) in [6.07, 6.45) is 1.99. The molecule has 1 unspecified atom stereocenters. The molecule has 2 aromatic carbocycles. The van der Waals surface area contributed by atoms with Gasteiger partial charge >= 0.3 is 0 Å². The van der Waals surface area contributed by atoms with Crippen molar-refractivity contribution in [1.82, 2.24) is 0 Å². The SMILES string of the molecule is Cc1cc(C)c(C2N=Cc3cc(Br)ccc32)c(C)c1. The summed E-state index contributed by atoms with van der Waals surface area (Å²) in [5.41, 5.74) is 7.85. The van der Waals surface area contributed by atoms with Crippen LogP contribution in [0.25, 0.3) is 0 Å². The highest BCUT2D eigenvalue weighted by atomic mass is 79.9. The number of nitrogens with zero attached hydrogens (tertiary/aromatic N) is 1. The Balaban J connectivity index is 2.15. The smallest absolute Gasteiger partial charge is 0.101 e. The molecule has 0 radical (unpaired) electrons. The van der Waals surface area contributed by atoms with Gasteiger partial charge in [0.25, 0.3) is 0 Å². The van der Waals surface area contributed by atoms with Crippen LogP contribution in [0.2, 0.25) is 0 Å². The first-order chi connectivity index (χ1) is 9.06. The molecule has 0 bridgehead atoms. The fraction of sp³-hybridized carbons (Fsp3) is 0.235. The zero-order valence-corrected chi connectivity index (χ0v) is 13.0. The second kappa shape index (κ2) is 4.61. The van der Waals surface area contributed by atoms with Crippen LogP contribution in [0.1, 0.15) is 39.4 Å². The molecule has 2 aromatic rings. The lowest BCUT2D eigenvalue weighted by Crippen LogP contribution is -2.02. The van der Waals surface area contributed by atoms with Gasteiger partial charge in [-0.15, -0.1) is 0 Å². The molecule has 1 aliphatic heterocycles. The van der Waals surface area contributed by atoms with Crippen molar-refractivity contribution in [1.29, 1.82) is 0 Å². The lowest BCUT2D eigenvalue weighted by atomic mass is 9.90. The Morgan fingerprint density at radius 2 is 1.68 bits per heavy atom. The van der Waals surface area contributed by atoms with Gasteiger partial charge < -0.3 is 0 Å². The van der Waals surface area contributed by atoms with Crippen molar-refractivity contribution < 1.29 is 0 Å². The first-order valence-corrected chi connectivity index (χ1v) is 7.26. The molecule has 0 aliphatic carbocycles. The van der Waals surface area contributed by atoms with Gasteiger partial charge in [0, 0.05) is 10.7 Å². The minimum atomic E-state index is 0.156. The molecule has 96 valence electrons. The largest absolute Gasteiger partial charge is 0.280 e.